The molecule has 1 saturated carbocycles. The minimum absolute atomic E-state index is 0.0769. The number of carbonyl (C=O) groups is 1. The molecular weight excluding hydrogens is 410 g/mol. The third kappa shape index (κ3) is 2.92. The molecule has 1 amide bonds. The van der Waals surface area contributed by atoms with Gasteiger partial charge in [0.1, 0.15) is 0 Å². The zero-order valence-corrected chi connectivity index (χ0v) is 18.7. The van der Waals surface area contributed by atoms with Gasteiger partial charge < -0.3 is 4.90 Å². The molecule has 1 aliphatic carbocycles. The van der Waals surface area contributed by atoms with Crippen molar-refractivity contribution >= 4 is 23.2 Å². The van der Waals surface area contributed by atoms with Crippen molar-refractivity contribution in [1.82, 2.24) is 24.4 Å². The van der Waals surface area contributed by atoms with Crippen LogP contribution >= 0.6 is 11.6 Å². The molecule has 4 heterocycles. The van der Waals surface area contributed by atoms with Gasteiger partial charge in [0.25, 0.3) is 5.91 Å². The first-order valence-electron chi connectivity index (χ1n) is 11.1. The predicted molar refractivity (Wildman–Crippen MR) is 119 cm³/mol. The summed E-state index contributed by atoms with van der Waals surface area (Å²) in [5.74, 6) is 0.0769. The fourth-order valence-electron chi connectivity index (χ4n) is 5.54. The number of carbonyl (C=O) groups excluding carboxylic acids is 1. The average Bonchev–Trinajstić information content (AvgIpc) is 3.26. The van der Waals surface area contributed by atoms with E-state index in [-0.39, 0.29) is 5.91 Å². The normalized spacial score (nSPS) is 19.5. The Balaban J connectivity index is 1.24. The monoisotopic (exact) mass is 435 g/mol. The van der Waals surface area contributed by atoms with Crippen LogP contribution in [0.4, 0.5) is 0 Å². The molecular formula is C24H26ClN5O. The van der Waals surface area contributed by atoms with Gasteiger partial charge in [0, 0.05) is 30.8 Å². The lowest BCUT2D eigenvalue weighted by Crippen LogP contribution is -2.59. The van der Waals surface area contributed by atoms with E-state index in [1.807, 2.05) is 41.5 Å². The largest absolute Gasteiger partial charge is 0.328 e. The van der Waals surface area contributed by atoms with E-state index in [2.05, 4.69) is 16.0 Å². The molecule has 6 rings (SSSR count). The number of hydrogen-bond donors (Lipinski definition) is 0. The Morgan fingerprint density at radius 1 is 1.16 bits per heavy atom. The summed E-state index contributed by atoms with van der Waals surface area (Å²) in [5, 5.41) is 5.36. The van der Waals surface area contributed by atoms with E-state index < -0.39 is 0 Å². The Morgan fingerprint density at radius 3 is 2.68 bits per heavy atom. The Bertz CT molecular complexity index is 1220. The molecule has 6 nitrogen and oxygen atoms in total. The zero-order valence-electron chi connectivity index (χ0n) is 18.0. The third-order valence-electron chi connectivity index (χ3n) is 7.42. The Hall–Kier alpha value is -2.44. The van der Waals surface area contributed by atoms with Crippen LogP contribution in [0, 0.1) is 19.3 Å². The number of aryl methyl sites for hydroxylation is 2. The highest BCUT2D eigenvalue weighted by molar-refractivity contribution is 6.31. The SMILES string of the molecule is Cc1nc2c3c(nn2c(C)c1Cl)CN(C(=O)c1ccccc1CN1CC2(CCC2)C1)C3. The molecule has 1 saturated heterocycles. The van der Waals surface area contributed by atoms with Crippen LogP contribution in [0.15, 0.2) is 24.3 Å². The lowest BCUT2D eigenvalue weighted by molar-refractivity contribution is -0.0645. The number of rotatable bonds is 3. The van der Waals surface area contributed by atoms with Gasteiger partial charge in [0.15, 0.2) is 5.65 Å². The summed E-state index contributed by atoms with van der Waals surface area (Å²) >= 11 is 6.35. The van der Waals surface area contributed by atoms with Gasteiger partial charge in [-0.05, 0) is 43.7 Å². The molecule has 2 aromatic heterocycles. The number of fused-ring (bicyclic) bond motifs is 3. The maximum absolute atomic E-state index is 13.5. The van der Waals surface area contributed by atoms with Gasteiger partial charge >= 0.3 is 0 Å². The minimum atomic E-state index is 0.0769. The molecule has 3 aromatic rings. The predicted octanol–water partition coefficient (Wildman–Crippen LogP) is 4.14. The quantitative estimate of drug-likeness (QED) is 0.620. The van der Waals surface area contributed by atoms with E-state index in [1.54, 1.807) is 0 Å². The van der Waals surface area contributed by atoms with Crippen molar-refractivity contribution in [3.05, 3.63) is 63.1 Å². The minimum Gasteiger partial charge on any atom is -0.328 e. The molecule has 160 valence electrons. The summed E-state index contributed by atoms with van der Waals surface area (Å²) < 4.78 is 1.82. The van der Waals surface area contributed by atoms with Crippen LogP contribution in [-0.4, -0.2) is 43.4 Å². The molecule has 1 aromatic carbocycles. The molecule has 2 aliphatic heterocycles. The second kappa shape index (κ2) is 6.78. The van der Waals surface area contributed by atoms with Crippen LogP contribution < -0.4 is 0 Å². The Labute approximate surface area is 186 Å². The fraction of sp³-hybridized carbons (Fsp3) is 0.458. The van der Waals surface area contributed by atoms with Crippen molar-refractivity contribution in [3.8, 4) is 0 Å². The molecule has 3 aliphatic rings. The lowest BCUT2D eigenvalue weighted by Gasteiger charge is -2.56. The summed E-state index contributed by atoms with van der Waals surface area (Å²) in [6, 6.07) is 8.06. The summed E-state index contributed by atoms with van der Waals surface area (Å²) in [6.07, 6.45) is 4.12. The highest BCUT2D eigenvalue weighted by atomic mass is 35.5. The molecule has 7 heteroatoms. The van der Waals surface area contributed by atoms with Gasteiger partial charge in [-0.25, -0.2) is 9.50 Å². The van der Waals surface area contributed by atoms with Gasteiger partial charge in [0.05, 0.1) is 35.2 Å². The summed E-state index contributed by atoms with van der Waals surface area (Å²) in [4.78, 5) is 22.5. The van der Waals surface area contributed by atoms with Crippen LogP contribution in [0.3, 0.4) is 0 Å². The number of benzene rings is 1. The molecule has 1 spiro atoms. The van der Waals surface area contributed by atoms with Gasteiger partial charge in [0.2, 0.25) is 0 Å². The first-order chi connectivity index (χ1) is 14.9. The standard InChI is InChI=1S/C24H26ClN5O/c1-15-21(25)16(2)30-22(26-15)19-11-29(12-20(19)27-30)23(31)18-7-4-3-6-17(18)10-28-13-24(14-28)8-5-9-24/h3-4,6-7H,5,8-14H2,1-2H3. The maximum atomic E-state index is 13.5. The molecule has 2 fully saturated rings. The summed E-state index contributed by atoms with van der Waals surface area (Å²) in [7, 11) is 0. The molecule has 0 unspecified atom stereocenters. The van der Waals surface area contributed by atoms with Gasteiger partial charge in [-0.15, -0.1) is 0 Å². The van der Waals surface area contributed by atoms with Crippen molar-refractivity contribution < 1.29 is 4.79 Å². The van der Waals surface area contributed by atoms with E-state index >= 15 is 0 Å². The number of aromatic nitrogens is 3. The number of amides is 1. The van der Waals surface area contributed by atoms with Crippen molar-refractivity contribution in [2.75, 3.05) is 13.1 Å². The number of nitrogens with zero attached hydrogens (tertiary/aromatic N) is 5. The lowest BCUT2D eigenvalue weighted by atomic mass is 9.63. The number of likely N-dealkylation sites (tertiary alicyclic amines) is 1. The average molecular weight is 436 g/mol. The van der Waals surface area contributed by atoms with Gasteiger partial charge in [-0.3, -0.25) is 9.69 Å². The molecule has 0 radical (unpaired) electrons. The second-order valence-electron chi connectivity index (χ2n) is 9.57. The maximum Gasteiger partial charge on any atom is 0.254 e. The van der Waals surface area contributed by atoms with Crippen molar-refractivity contribution in [3.63, 3.8) is 0 Å². The first kappa shape index (κ1) is 19.3. The summed E-state index contributed by atoms with van der Waals surface area (Å²) in [6.45, 7) is 8.11. The van der Waals surface area contributed by atoms with E-state index in [0.717, 1.165) is 46.0 Å². The van der Waals surface area contributed by atoms with Crippen LogP contribution in [0.5, 0.6) is 0 Å². The van der Waals surface area contributed by atoms with Crippen molar-refractivity contribution in [2.45, 2.75) is 52.7 Å². The fourth-order valence-corrected chi connectivity index (χ4v) is 5.66. The number of hydrogen-bond acceptors (Lipinski definition) is 4. The van der Waals surface area contributed by atoms with E-state index in [4.69, 9.17) is 16.7 Å². The van der Waals surface area contributed by atoms with E-state index in [9.17, 15) is 4.79 Å². The highest BCUT2D eigenvalue weighted by Gasteiger charge is 2.47. The summed E-state index contributed by atoms with van der Waals surface area (Å²) in [5.41, 5.74) is 6.96. The van der Waals surface area contributed by atoms with Crippen molar-refractivity contribution in [1.29, 1.82) is 0 Å². The van der Waals surface area contributed by atoms with E-state index in [1.165, 1.54) is 32.4 Å². The molecule has 0 bridgehead atoms. The Morgan fingerprint density at radius 2 is 1.94 bits per heavy atom. The van der Waals surface area contributed by atoms with Crippen molar-refractivity contribution in [2.24, 2.45) is 5.41 Å². The molecule has 31 heavy (non-hydrogen) atoms. The van der Waals surface area contributed by atoms with Gasteiger partial charge in [-0.1, -0.05) is 36.2 Å². The van der Waals surface area contributed by atoms with E-state index in [0.29, 0.717) is 23.5 Å². The molecule has 0 atom stereocenters. The second-order valence-corrected chi connectivity index (χ2v) is 9.95. The van der Waals surface area contributed by atoms with Crippen LogP contribution in [0.2, 0.25) is 5.02 Å². The Kier molecular flexibility index (Phi) is 4.21. The van der Waals surface area contributed by atoms with Crippen LogP contribution in [0.25, 0.3) is 5.65 Å². The topological polar surface area (TPSA) is 53.7 Å². The zero-order chi connectivity index (χ0) is 21.3. The first-order valence-corrected chi connectivity index (χ1v) is 11.4. The van der Waals surface area contributed by atoms with Crippen LogP contribution in [-0.2, 0) is 19.6 Å². The van der Waals surface area contributed by atoms with Crippen LogP contribution in [0.1, 0.15) is 57.8 Å². The van der Waals surface area contributed by atoms with Gasteiger partial charge in [-0.2, -0.15) is 5.10 Å². The highest BCUT2D eigenvalue weighted by Crippen LogP contribution is 2.48. The smallest absolute Gasteiger partial charge is 0.254 e. The third-order valence-corrected chi connectivity index (χ3v) is 7.96. The number of halogens is 1. The molecule has 0 N–H and O–H groups in total.